The standard InChI is InChI=1S/C12H18N4S/c1-3-7-16-9-10(2)15-12(16)14-5-4-11-13-6-8-17-11/h6,8-9H,3-5,7H2,1-2H3,(H,14,15). The Morgan fingerprint density at radius 3 is 3.06 bits per heavy atom. The molecule has 0 radical (unpaired) electrons. The molecule has 0 saturated carbocycles. The molecular formula is C12H18N4S. The van der Waals surface area contributed by atoms with Crippen molar-refractivity contribution < 1.29 is 0 Å². The van der Waals surface area contributed by atoms with Crippen LogP contribution >= 0.6 is 11.3 Å². The zero-order valence-corrected chi connectivity index (χ0v) is 11.1. The number of nitrogens with zero attached hydrogens (tertiary/aromatic N) is 3. The molecule has 4 nitrogen and oxygen atoms in total. The molecule has 2 aromatic rings. The van der Waals surface area contributed by atoms with Gasteiger partial charge >= 0.3 is 0 Å². The average molecular weight is 250 g/mol. The fourth-order valence-corrected chi connectivity index (χ4v) is 2.38. The number of nitrogens with one attached hydrogen (secondary N) is 1. The highest BCUT2D eigenvalue weighted by molar-refractivity contribution is 7.09. The van der Waals surface area contributed by atoms with Crippen molar-refractivity contribution in [2.75, 3.05) is 11.9 Å². The molecule has 0 atom stereocenters. The molecule has 92 valence electrons. The molecule has 0 spiro atoms. The van der Waals surface area contributed by atoms with Gasteiger partial charge in [-0.3, -0.25) is 0 Å². The minimum absolute atomic E-state index is 0.883. The van der Waals surface area contributed by atoms with Crippen molar-refractivity contribution in [3.63, 3.8) is 0 Å². The lowest BCUT2D eigenvalue weighted by molar-refractivity contribution is 0.681. The summed E-state index contributed by atoms with van der Waals surface area (Å²) in [5.41, 5.74) is 1.06. The molecule has 5 heteroatoms. The summed E-state index contributed by atoms with van der Waals surface area (Å²) in [5.74, 6) is 0.973. The number of thiazole rings is 1. The number of hydrogen-bond acceptors (Lipinski definition) is 4. The van der Waals surface area contributed by atoms with E-state index in [1.54, 1.807) is 11.3 Å². The van der Waals surface area contributed by atoms with Crippen LogP contribution in [0.1, 0.15) is 24.0 Å². The van der Waals surface area contributed by atoms with E-state index >= 15 is 0 Å². The molecule has 2 heterocycles. The van der Waals surface area contributed by atoms with Crippen molar-refractivity contribution in [2.24, 2.45) is 0 Å². The number of imidazole rings is 1. The van der Waals surface area contributed by atoms with Crippen molar-refractivity contribution in [3.8, 4) is 0 Å². The fourth-order valence-electron chi connectivity index (χ4n) is 1.76. The number of anilines is 1. The van der Waals surface area contributed by atoms with Gasteiger partial charge in [-0.15, -0.1) is 11.3 Å². The Kier molecular flexibility index (Phi) is 4.14. The maximum atomic E-state index is 4.48. The molecule has 0 fully saturated rings. The van der Waals surface area contributed by atoms with Crippen LogP contribution in [-0.4, -0.2) is 21.1 Å². The lowest BCUT2D eigenvalue weighted by atomic mass is 10.4. The number of rotatable bonds is 6. The van der Waals surface area contributed by atoms with Crippen LogP contribution in [0.4, 0.5) is 5.95 Å². The smallest absolute Gasteiger partial charge is 0.203 e. The van der Waals surface area contributed by atoms with Gasteiger partial charge in [0.2, 0.25) is 5.95 Å². The van der Waals surface area contributed by atoms with Gasteiger partial charge in [0.1, 0.15) is 0 Å². The summed E-state index contributed by atoms with van der Waals surface area (Å²) in [7, 11) is 0. The van der Waals surface area contributed by atoms with Gasteiger partial charge in [0.05, 0.1) is 10.7 Å². The van der Waals surface area contributed by atoms with Crippen LogP contribution in [0.5, 0.6) is 0 Å². The molecule has 0 amide bonds. The largest absolute Gasteiger partial charge is 0.355 e. The van der Waals surface area contributed by atoms with Gasteiger partial charge in [-0.05, 0) is 13.3 Å². The van der Waals surface area contributed by atoms with Crippen LogP contribution in [-0.2, 0) is 13.0 Å². The molecule has 1 N–H and O–H groups in total. The van der Waals surface area contributed by atoms with Crippen LogP contribution in [0.15, 0.2) is 17.8 Å². The Bertz CT molecular complexity index is 447. The second kappa shape index (κ2) is 5.82. The van der Waals surface area contributed by atoms with E-state index in [9.17, 15) is 0 Å². The molecule has 0 bridgehead atoms. The summed E-state index contributed by atoms with van der Waals surface area (Å²) in [6, 6.07) is 0. The van der Waals surface area contributed by atoms with E-state index in [-0.39, 0.29) is 0 Å². The minimum atomic E-state index is 0.883. The third-order valence-corrected chi connectivity index (χ3v) is 3.31. The van der Waals surface area contributed by atoms with E-state index in [1.807, 2.05) is 18.5 Å². The van der Waals surface area contributed by atoms with Crippen molar-refractivity contribution in [1.29, 1.82) is 0 Å². The van der Waals surface area contributed by atoms with Crippen molar-refractivity contribution in [3.05, 3.63) is 28.5 Å². The predicted octanol–water partition coefficient (Wildman–Crippen LogP) is 2.71. The SMILES string of the molecule is CCCn1cc(C)nc1NCCc1nccs1. The van der Waals surface area contributed by atoms with Gasteiger partial charge in [-0.1, -0.05) is 6.92 Å². The van der Waals surface area contributed by atoms with E-state index < -0.39 is 0 Å². The van der Waals surface area contributed by atoms with Gasteiger partial charge in [-0.2, -0.15) is 0 Å². The monoisotopic (exact) mass is 250 g/mol. The molecule has 0 unspecified atom stereocenters. The van der Waals surface area contributed by atoms with Gasteiger partial charge in [0.25, 0.3) is 0 Å². The Hall–Kier alpha value is -1.36. The highest BCUT2D eigenvalue weighted by Gasteiger charge is 2.04. The second-order valence-corrected chi connectivity index (χ2v) is 4.98. The molecule has 0 aliphatic carbocycles. The Balaban J connectivity index is 1.89. The van der Waals surface area contributed by atoms with E-state index in [0.717, 1.165) is 37.6 Å². The van der Waals surface area contributed by atoms with Gasteiger partial charge in [-0.25, -0.2) is 9.97 Å². The normalized spacial score (nSPS) is 10.7. The van der Waals surface area contributed by atoms with E-state index in [1.165, 1.54) is 5.01 Å². The summed E-state index contributed by atoms with van der Waals surface area (Å²) in [6.45, 7) is 6.10. The van der Waals surface area contributed by atoms with Crippen LogP contribution < -0.4 is 5.32 Å². The highest BCUT2D eigenvalue weighted by Crippen LogP contribution is 2.10. The zero-order valence-electron chi connectivity index (χ0n) is 10.3. The molecule has 0 aliphatic rings. The lowest BCUT2D eigenvalue weighted by Crippen LogP contribution is -2.10. The quantitative estimate of drug-likeness (QED) is 0.857. The van der Waals surface area contributed by atoms with Crippen molar-refractivity contribution in [2.45, 2.75) is 33.2 Å². The third kappa shape index (κ3) is 3.30. The van der Waals surface area contributed by atoms with Crippen LogP contribution in [0, 0.1) is 6.92 Å². The number of hydrogen-bond donors (Lipinski definition) is 1. The topological polar surface area (TPSA) is 42.7 Å². The summed E-state index contributed by atoms with van der Waals surface area (Å²) in [6.07, 6.45) is 6.02. The Morgan fingerprint density at radius 2 is 2.35 bits per heavy atom. The minimum Gasteiger partial charge on any atom is -0.355 e. The molecular weight excluding hydrogens is 232 g/mol. The number of aromatic nitrogens is 3. The molecule has 2 rings (SSSR count). The summed E-state index contributed by atoms with van der Waals surface area (Å²) in [4.78, 5) is 8.75. The lowest BCUT2D eigenvalue weighted by Gasteiger charge is -2.07. The third-order valence-electron chi connectivity index (χ3n) is 2.47. The van der Waals surface area contributed by atoms with E-state index in [0.29, 0.717) is 0 Å². The molecule has 2 aromatic heterocycles. The van der Waals surface area contributed by atoms with E-state index in [4.69, 9.17) is 0 Å². The van der Waals surface area contributed by atoms with Crippen molar-refractivity contribution in [1.82, 2.24) is 14.5 Å². The molecule has 0 aliphatic heterocycles. The van der Waals surface area contributed by atoms with E-state index in [2.05, 4.69) is 33.0 Å². The second-order valence-electron chi connectivity index (χ2n) is 4.00. The van der Waals surface area contributed by atoms with Crippen LogP contribution in [0.2, 0.25) is 0 Å². The highest BCUT2D eigenvalue weighted by atomic mass is 32.1. The zero-order chi connectivity index (χ0) is 12.1. The Labute approximate surface area is 106 Å². The molecule has 17 heavy (non-hydrogen) atoms. The Morgan fingerprint density at radius 1 is 1.47 bits per heavy atom. The predicted molar refractivity (Wildman–Crippen MR) is 71.6 cm³/mol. The van der Waals surface area contributed by atoms with Gasteiger partial charge < -0.3 is 9.88 Å². The first-order valence-electron chi connectivity index (χ1n) is 5.95. The maximum Gasteiger partial charge on any atom is 0.203 e. The summed E-state index contributed by atoms with van der Waals surface area (Å²) >= 11 is 1.70. The van der Waals surface area contributed by atoms with Crippen molar-refractivity contribution >= 4 is 17.3 Å². The first kappa shape index (κ1) is 12.1. The fraction of sp³-hybridized carbons (Fsp3) is 0.500. The molecule has 0 aromatic carbocycles. The number of aryl methyl sites for hydroxylation is 2. The first-order chi connectivity index (χ1) is 8.29. The molecule has 0 saturated heterocycles. The van der Waals surface area contributed by atoms with Gasteiger partial charge in [0, 0.05) is 37.3 Å². The maximum absolute atomic E-state index is 4.48. The van der Waals surface area contributed by atoms with Crippen LogP contribution in [0.3, 0.4) is 0 Å². The first-order valence-corrected chi connectivity index (χ1v) is 6.83. The summed E-state index contributed by atoms with van der Waals surface area (Å²) in [5, 5.41) is 6.56. The summed E-state index contributed by atoms with van der Waals surface area (Å²) < 4.78 is 2.18. The van der Waals surface area contributed by atoms with Crippen LogP contribution in [0.25, 0.3) is 0 Å². The van der Waals surface area contributed by atoms with Gasteiger partial charge in [0.15, 0.2) is 0 Å². The average Bonchev–Trinajstić information content (AvgIpc) is 2.90.